The predicted molar refractivity (Wildman–Crippen MR) is 70.4 cm³/mol. The summed E-state index contributed by atoms with van der Waals surface area (Å²) in [5, 5.41) is 0. The van der Waals surface area contributed by atoms with E-state index in [0.717, 1.165) is 11.3 Å². The Morgan fingerprint density at radius 2 is 2.17 bits per heavy atom. The molecule has 1 atom stereocenters. The van der Waals surface area contributed by atoms with Crippen LogP contribution in [0.25, 0.3) is 0 Å². The maximum atomic E-state index is 13.1. The normalized spacial score (nSPS) is 16.8. The number of nitrogens with zero attached hydrogens (tertiary/aromatic N) is 2. The molecule has 0 bridgehead atoms. The molecular weight excluding hydrogens is 259 g/mol. The number of likely N-dealkylation sites (N-methyl/N-ethyl adjacent to an activating group) is 1. The van der Waals surface area contributed by atoms with Crippen LogP contribution < -0.4 is 16.4 Å². The van der Waals surface area contributed by atoms with Gasteiger partial charge in [-0.25, -0.2) is 4.39 Å². The van der Waals surface area contributed by atoms with Gasteiger partial charge in [0.1, 0.15) is 11.9 Å². The van der Waals surface area contributed by atoms with Crippen molar-refractivity contribution < 1.29 is 9.18 Å². The van der Waals surface area contributed by atoms with E-state index in [9.17, 15) is 9.18 Å². The van der Waals surface area contributed by atoms with E-state index in [4.69, 9.17) is 11.5 Å². The molecule has 7 heteroatoms. The maximum absolute atomic E-state index is 13.1. The summed E-state index contributed by atoms with van der Waals surface area (Å²) < 4.78 is 13.1. The highest BCUT2D eigenvalue weighted by atomic mass is 35.5. The third-order valence-corrected chi connectivity index (χ3v) is 2.83. The molecule has 0 aliphatic carbocycles. The van der Waals surface area contributed by atoms with E-state index in [1.165, 1.54) is 12.1 Å². The number of aliphatic imine (C=N–C) groups is 1. The minimum absolute atomic E-state index is 0. The number of anilines is 1. The number of hydrogen-bond donors (Lipinski definition) is 2. The lowest BCUT2D eigenvalue weighted by Gasteiger charge is -2.19. The average molecular weight is 273 g/mol. The summed E-state index contributed by atoms with van der Waals surface area (Å²) in [5.41, 5.74) is 11.9. The highest BCUT2D eigenvalue weighted by Gasteiger charge is 2.32. The second-order valence-electron chi connectivity index (χ2n) is 3.98. The molecule has 98 valence electrons. The van der Waals surface area contributed by atoms with Gasteiger partial charge in [0, 0.05) is 19.2 Å². The number of rotatable bonds is 1. The van der Waals surface area contributed by atoms with Crippen molar-refractivity contribution in [1.29, 1.82) is 0 Å². The summed E-state index contributed by atoms with van der Waals surface area (Å²) in [6.45, 7) is 0. The fourth-order valence-electron chi connectivity index (χ4n) is 2.03. The predicted octanol–water partition coefficient (Wildman–Crippen LogP) is 0.408. The quantitative estimate of drug-likeness (QED) is 0.573. The summed E-state index contributed by atoms with van der Waals surface area (Å²) in [6, 6.07) is 3.97. The summed E-state index contributed by atoms with van der Waals surface area (Å²) in [4.78, 5) is 17.0. The lowest BCUT2D eigenvalue weighted by Crippen LogP contribution is -2.37. The van der Waals surface area contributed by atoms with E-state index in [-0.39, 0.29) is 24.2 Å². The summed E-state index contributed by atoms with van der Waals surface area (Å²) in [6.07, 6.45) is 0.416. The Morgan fingerprint density at radius 3 is 2.78 bits per heavy atom. The molecule has 18 heavy (non-hydrogen) atoms. The first-order valence-corrected chi connectivity index (χ1v) is 5.14. The SMILES string of the molecule is CN1c2ccc(F)cc2CC1C(=O)N=C(N)N.Cl. The van der Waals surface area contributed by atoms with E-state index in [1.807, 2.05) is 0 Å². The Balaban J connectivity index is 0.00000162. The zero-order valence-corrected chi connectivity index (χ0v) is 10.6. The van der Waals surface area contributed by atoms with Gasteiger partial charge in [-0.15, -0.1) is 12.4 Å². The summed E-state index contributed by atoms with van der Waals surface area (Å²) in [5.74, 6) is -0.985. The van der Waals surface area contributed by atoms with Gasteiger partial charge >= 0.3 is 0 Å². The van der Waals surface area contributed by atoms with Gasteiger partial charge in [0.2, 0.25) is 0 Å². The minimum Gasteiger partial charge on any atom is -0.370 e. The molecule has 0 spiro atoms. The van der Waals surface area contributed by atoms with Gasteiger partial charge in [0.15, 0.2) is 5.96 Å². The zero-order chi connectivity index (χ0) is 12.6. The third kappa shape index (κ3) is 2.53. The number of hydrogen-bond acceptors (Lipinski definition) is 2. The maximum Gasteiger partial charge on any atom is 0.271 e. The number of halogens is 2. The van der Waals surface area contributed by atoms with Crippen LogP contribution in [-0.2, 0) is 11.2 Å². The molecule has 1 aliphatic rings. The number of carbonyl (C=O) groups excluding carboxylic acids is 1. The molecule has 0 fully saturated rings. The monoisotopic (exact) mass is 272 g/mol. The molecule has 5 nitrogen and oxygen atoms in total. The summed E-state index contributed by atoms with van der Waals surface area (Å²) in [7, 11) is 1.76. The second-order valence-corrected chi connectivity index (χ2v) is 3.98. The second kappa shape index (κ2) is 5.22. The molecule has 2 rings (SSSR count). The lowest BCUT2D eigenvalue weighted by molar-refractivity contribution is -0.118. The van der Waals surface area contributed by atoms with Gasteiger partial charge in [-0.3, -0.25) is 4.79 Å². The van der Waals surface area contributed by atoms with Gasteiger partial charge in [0.05, 0.1) is 0 Å². The summed E-state index contributed by atoms with van der Waals surface area (Å²) >= 11 is 0. The minimum atomic E-state index is -0.464. The number of carbonyl (C=O) groups is 1. The van der Waals surface area contributed by atoms with E-state index < -0.39 is 11.9 Å². The van der Waals surface area contributed by atoms with Crippen LogP contribution in [0.1, 0.15) is 5.56 Å². The Bertz CT molecular complexity index is 502. The van der Waals surface area contributed by atoms with Gasteiger partial charge in [0.25, 0.3) is 5.91 Å². The first kappa shape index (κ1) is 14.2. The smallest absolute Gasteiger partial charge is 0.271 e. The highest BCUT2D eigenvalue weighted by Crippen LogP contribution is 2.31. The van der Waals surface area contributed by atoms with E-state index in [1.54, 1.807) is 18.0 Å². The first-order valence-electron chi connectivity index (χ1n) is 5.14. The first-order chi connectivity index (χ1) is 7.99. The van der Waals surface area contributed by atoms with Crippen molar-refractivity contribution in [2.75, 3.05) is 11.9 Å². The standard InChI is InChI=1S/C11H13FN4O.ClH/c1-16-8-3-2-7(12)4-6(8)5-9(16)10(17)15-11(13)14;/h2-4,9H,5H2,1H3,(H4,13,14,15,17);1H. The number of benzene rings is 1. The molecule has 1 aliphatic heterocycles. The number of nitrogens with two attached hydrogens (primary N) is 2. The van der Waals surface area contributed by atoms with Crippen LogP contribution >= 0.6 is 12.4 Å². The molecule has 1 aromatic rings. The number of amides is 1. The Labute approximate surface area is 110 Å². The zero-order valence-electron chi connectivity index (χ0n) is 9.76. The molecular formula is C11H14ClFN4O. The van der Waals surface area contributed by atoms with Crippen molar-refractivity contribution in [3.63, 3.8) is 0 Å². The molecule has 1 aromatic carbocycles. The molecule has 1 amide bonds. The molecule has 4 N–H and O–H groups in total. The Hall–Kier alpha value is -1.82. The van der Waals surface area contributed by atoms with Gasteiger partial charge in [-0.05, 0) is 23.8 Å². The highest BCUT2D eigenvalue weighted by molar-refractivity contribution is 5.97. The van der Waals surface area contributed by atoms with Crippen molar-refractivity contribution >= 4 is 30.0 Å². The molecule has 0 saturated heterocycles. The fraction of sp³-hybridized carbons (Fsp3) is 0.273. The number of guanidine groups is 1. The molecule has 0 aromatic heterocycles. The van der Waals surface area contributed by atoms with E-state index >= 15 is 0 Å². The molecule has 0 saturated carbocycles. The van der Waals surface area contributed by atoms with Crippen molar-refractivity contribution in [2.24, 2.45) is 16.5 Å². The number of fused-ring (bicyclic) bond motifs is 1. The lowest BCUT2D eigenvalue weighted by atomic mass is 10.1. The van der Waals surface area contributed by atoms with Crippen molar-refractivity contribution in [3.05, 3.63) is 29.6 Å². The topological polar surface area (TPSA) is 84.7 Å². The van der Waals surface area contributed by atoms with E-state index in [0.29, 0.717) is 6.42 Å². The average Bonchev–Trinajstić information content (AvgIpc) is 2.54. The fourth-order valence-corrected chi connectivity index (χ4v) is 2.03. The van der Waals surface area contributed by atoms with Crippen LogP contribution in [0.5, 0.6) is 0 Å². The van der Waals surface area contributed by atoms with Crippen molar-refractivity contribution in [1.82, 2.24) is 0 Å². The molecule has 1 heterocycles. The largest absolute Gasteiger partial charge is 0.370 e. The Morgan fingerprint density at radius 1 is 1.50 bits per heavy atom. The van der Waals surface area contributed by atoms with Gasteiger partial charge in [-0.1, -0.05) is 0 Å². The van der Waals surface area contributed by atoms with Crippen LogP contribution in [0.3, 0.4) is 0 Å². The van der Waals surface area contributed by atoms with Crippen LogP contribution in [0, 0.1) is 5.82 Å². The Kier molecular flexibility index (Phi) is 4.13. The van der Waals surface area contributed by atoms with Gasteiger partial charge < -0.3 is 16.4 Å². The van der Waals surface area contributed by atoms with Crippen LogP contribution in [0.2, 0.25) is 0 Å². The molecule has 1 unspecified atom stereocenters. The van der Waals surface area contributed by atoms with Gasteiger partial charge in [-0.2, -0.15) is 4.99 Å². The van der Waals surface area contributed by atoms with Crippen molar-refractivity contribution in [3.8, 4) is 0 Å². The van der Waals surface area contributed by atoms with E-state index in [2.05, 4.69) is 4.99 Å². The van der Waals surface area contributed by atoms with Crippen LogP contribution in [-0.4, -0.2) is 25.0 Å². The van der Waals surface area contributed by atoms with Crippen LogP contribution in [0.4, 0.5) is 10.1 Å². The molecule has 0 radical (unpaired) electrons. The van der Waals surface area contributed by atoms with Crippen LogP contribution in [0.15, 0.2) is 23.2 Å². The van der Waals surface area contributed by atoms with Crippen molar-refractivity contribution in [2.45, 2.75) is 12.5 Å². The third-order valence-electron chi connectivity index (χ3n) is 2.83.